The molecule has 2 aromatic rings. The molecule has 7 nitrogen and oxygen atoms in total. The molecule has 0 spiro atoms. The lowest BCUT2D eigenvalue weighted by Crippen LogP contribution is -2.49. The number of nitrogens with zero attached hydrogens (tertiary/aromatic N) is 2. The fraction of sp³-hybridized carbons (Fsp3) is 0.450. The summed E-state index contributed by atoms with van der Waals surface area (Å²) in [7, 11) is 4.73. The monoisotopic (exact) mass is 371 g/mol. The number of hydrogen-bond donors (Lipinski definition) is 1. The Hall–Kier alpha value is -2.67. The van der Waals surface area contributed by atoms with Gasteiger partial charge in [-0.05, 0) is 30.5 Å². The molecule has 1 aromatic carbocycles. The van der Waals surface area contributed by atoms with Crippen LogP contribution in [0.2, 0.25) is 0 Å². The second-order valence-corrected chi connectivity index (χ2v) is 7.01. The van der Waals surface area contributed by atoms with Gasteiger partial charge in [-0.2, -0.15) is 5.10 Å². The van der Waals surface area contributed by atoms with Gasteiger partial charge in [0, 0.05) is 31.5 Å². The van der Waals surface area contributed by atoms with Crippen molar-refractivity contribution in [2.24, 2.45) is 7.05 Å². The number of amides is 1. The summed E-state index contributed by atoms with van der Waals surface area (Å²) in [5, 5.41) is 7.32. The molecule has 0 saturated heterocycles. The van der Waals surface area contributed by atoms with Crippen LogP contribution in [0.5, 0.6) is 0 Å². The third-order valence-electron chi connectivity index (χ3n) is 5.03. The van der Waals surface area contributed by atoms with Crippen LogP contribution < -0.4 is 5.32 Å². The van der Waals surface area contributed by atoms with E-state index in [0.29, 0.717) is 17.7 Å². The third-order valence-corrected chi connectivity index (χ3v) is 5.03. The van der Waals surface area contributed by atoms with E-state index in [1.165, 1.54) is 7.11 Å². The molecule has 0 radical (unpaired) electrons. The Balaban J connectivity index is 1.79. The molecule has 0 bridgehead atoms. The zero-order valence-electron chi connectivity index (χ0n) is 15.9. The second kappa shape index (κ2) is 7.92. The van der Waals surface area contributed by atoms with Crippen LogP contribution in [-0.2, 0) is 16.5 Å². The largest absolute Gasteiger partial charge is 0.464 e. The first-order valence-corrected chi connectivity index (χ1v) is 9.02. The van der Waals surface area contributed by atoms with Crippen molar-refractivity contribution in [2.45, 2.75) is 31.2 Å². The number of ether oxygens (including phenoxy) is 2. The number of benzene rings is 1. The van der Waals surface area contributed by atoms with E-state index < -0.39 is 5.97 Å². The number of nitrogens with one attached hydrogen (secondary N) is 1. The van der Waals surface area contributed by atoms with Gasteiger partial charge in [-0.3, -0.25) is 9.48 Å². The maximum atomic E-state index is 12.7. The van der Waals surface area contributed by atoms with E-state index in [2.05, 4.69) is 10.4 Å². The van der Waals surface area contributed by atoms with E-state index in [9.17, 15) is 9.59 Å². The van der Waals surface area contributed by atoms with Crippen molar-refractivity contribution >= 4 is 11.9 Å². The van der Waals surface area contributed by atoms with Crippen LogP contribution >= 0.6 is 0 Å². The SMILES string of the molecule is COCC1(NC(=O)c2ccc(-c3cn(C)nc3C(=O)OC)cc2)CCCC1. The van der Waals surface area contributed by atoms with E-state index in [4.69, 9.17) is 9.47 Å². The smallest absolute Gasteiger partial charge is 0.359 e. The predicted octanol–water partition coefficient (Wildman–Crippen LogP) is 2.56. The zero-order chi connectivity index (χ0) is 19.4. The number of rotatable bonds is 6. The fourth-order valence-electron chi connectivity index (χ4n) is 3.69. The Bertz CT molecular complexity index is 820. The molecular weight excluding hydrogens is 346 g/mol. The summed E-state index contributed by atoms with van der Waals surface area (Å²) >= 11 is 0. The highest BCUT2D eigenvalue weighted by molar-refractivity contribution is 5.97. The van der Waals surface area contributed by atoms with Crippen LogP contribution in [0.25, 0.3) is 11.1 Å². The van der Waals surface area contributed by atoms with Gasteiger partial charge in [-0.15, -0.1) is 0 Å². The van der Waals surface area contributed by atoms with E-state index in [1.807, 2.05) is 12.1 Å². The van der Waals surface area contributed by atoms with Gasteiger partial charge in [0.2, 0.25) is 0 Å². The average molecular weight is 371 g/mol. The molecular formula is C20H25N3O4. The molecule has 1 aliphatic rings. The highest BCUT2D eigenvalue weighted by Gasteiger charge is 2.35. The van der Waals surface area contributed by atoms with E-state index in [1.54, 1.807) is 37.2 Å². The average Bonchev–Trinajstić information content (AvgIpc) is 3.28. The van der Waals surface area contributed by atoms with Crippen molar-refractivity contribution in [3.63, 3.8) is 0 Å². The minimum atomic E-state index is -0.491. The number of hydrogen-bond acceptors (Lipinski definition) is 5. The Labute approximate surface area is 158 Å². The molecule has 144 valence electrons. The van der Waals surface area contributed by atoms with Gasteiger partial charge in [0.15, 0.2) is 5.69 Å². The Morgan fingerprint density at radius 3 is 2.44 bits per heavy atom. The van der Waals surface area contributed by atoms with Crippen molar-refractivity contribution in [3.05, 3.63) is 41.7 Å². The number of methoxy groups -OCH3 is 2. The van der Waals surface area contributed by atoms with E-state index in [-0.39, 0.29) is 17.1 Å². The molecule has 1 N–H and O–H groups in total. The molecule has 1 amide bonds. The molecule has 1 aliphatic carbocycles. The number of carbonyl (C=O) groups excluding carboxylic acids is 2. The van der Waals surface area contributed by atoms with Crippen molar-refractivity contribution in [3.8, 4) is 11.1 Å². The minimum absolute atomic E-state index is 0.111. The van der Waals surface area contributed by atoms with Crippen LogP contribution in [0.4, 0.5) is 0 Å². The standard InChI is InChI=1S/C20H25N3O4/c1-23-12-16(17(22-23)19(25)27-3)14-6-8-15(9-7-14)18(24)21-20(13-26-2)10-4-5-11-20/h6-9,12H,4-5,10-11,13H2,1-3H3,(H,21,24). The van der Waals surface area contributed by atoms with E-state index in [0.717, 1.165) is 31.2 Å². The van der Waals surface area contributed by atoms with Gasteiger partial charge in [0.05, 0.1) is 19.3 Å². The lowest BCUT2D eigenvalue weighted by atomic mass is 9.97. The number of carbonyl (C=O) groups is 2. The molecule has 0 atom stereocenters. The summed E-state index contributed by atoms with van der Waals surface area (Å²) in [5.74, 6) is -0.602. The summed E-state index contributed by atoms with van der Waals surface area (Å²) < 4.78 is 11.7. The van der Waals surface area contributed by atoms with Crippen LogP contribution in [0.1, 0.15) is 46.5 Å². The highest BCUT2D eigenvalue weighted by atomic mass is 16.5. The van der Waals surface area contributed by atoms with Crippen LogP contribution in [-0.4, -0.2) is 48.0 Å². The topological polar surface area (TPSA) is 82.5 Å². The first-order valence-electron chi connectivity index (χ1n) is 9.02. The van der Waals surface area contributed by atoms with Gasteiger partial charge < -0.3 is 14.8 Å². The predicted molar refractivity (Wildman–Crippen MR) is 101 cm³/mol. The third kappa shape index (κ3) is 4.03. The number of aryl methyl sites for hydroxylation is 1. The van der Waals surface area contributed by atoms with E-state index >= 15 is 0 Å². The molecule has 0 unspecified atom stereocenters. The van der Waals surface area contributed by atoms with Crippen LogP contribution in [0, 0.1) is 0 Å². The van der Waals surface area contributed by atoms with Gasteiger partial charge >= 0.3 is 5.97 Å². The highest BCUT2D eigenvalue weighted by Crippen LogP contribution is 2.30. The molecule has 7 heteroatoms. The molecule has 0 aliphatic heterocycles. The van der Waals surface area contributed by atoms with Crippen molar-refractivity contribution in [1.29, 1.82) is 0 Å². The Morgan fingerprint density at radius 1 is 1.19 bits per heavy atom. The Kier molecular flexibility index (Phi) is 5.60. The first kappa shape index (κ1) is 19.1. The maximum Gasteiger partial charge on any atom is 0.359 e. The fourth-order valence-corrected chi connectivity index (χ4v) is 3.69. The van der Waals surface area contributed by atoms with Crippen LogP contribution in [0.15, 0.2) is 30.5 Å². The Morgan fingerprint density at radius 2 is 1.85 bits per heavy atom. The van der Waals surface area contributed by atoms with Gasteiger partial charge in [0.1, 0.15) is 0 Å². The maximum absolute atomic E-state index is 12.7. The zero-order valence-corrected chi connectivity index (χ0v) is 15.9. The second-order valence-electron chi connectivity index (χ2n) is 7.01. The summed E-state index contributed by atoms with van der Waals surface area (Å²) in [4.78, 5) is 24.6. The summed E-state index contributed by atoms with van der Waals surface area (Å²) in [6.45, 7) is 0.523. The molecule has 3 rings (SSSR count). The molecule has 1 aromatic heterocycles. The van der Waals surface area contributed by atoms with Crippen molar-refractivity contribution in [1.82, 2.24) is 15.1 Å². The van der Waals surface area contributed by atoms with Crippen molar-refractivity contribution in [2.75, 3.05) is 20.8 Å². The summed E-state index contributed by atoms with van der Waals surface area (Å²) in [6.07, 6.45) is 5.82. The summed E-state index contributed by atoms with van der Waals surface area (Å²) in [6, 6.07) is 7.15. The first-order chi connectivity index (χ1) is 13.0. The van der Waals surface area contributed by atoms with Gasteiger partial charge in [-0.1, -0.05) is 25.0 Å². The minimum Gasteiger partial charge on any atom is -0.464 e. The normalized spacial score (nSPS) is 15.5. The lowest BCUT2D eigenvalue weighted by Gasteiger charge is -2.29. The van der Waals surface area contributed by atoms with Crippen LogP contribution in [0.3, 0.4) is 0 Å². The molecule has 1 saturated carbocycles. The van der Waals surface area contributed by atoms with Gasteiger partial charge in [0.25, 0.3) is 5.91 Å². The molecule has 1 fully saturated rings. The molecule has 27 heavy (non-hydrogen) atoms. The lowest BCUT2D eigenvalue weighted by molar-refractivity contribution is 0.0593. The van der Waals surface area contributed by atoms with Gasteiger partial charge in [-0.25, -0.2) is 4.79 Å². The summed E-state index contributed by atoms with van der Waals surface area (Å²) in [5.41, 5.74) is 2.02. The quantitative estimate of drug-likeness (QED) is 0.789. The number of aromatic nitrogens is 2. The molecule has 1 heterocycles. The van der Waals surface area contributed by atoms with Crippen molar-refractivity contribution < 1.29 is 19.1 Å². The number of esters is 1.